The minimum Gasteiger partial charge on any atom is -0.274 e. The molecule has 0 aliphatic carbocycles. The molecule has 0 aliphatic heterocycles. The van der Waals surface area contributed by atoms with Crippen molar-refractivity contribution in [2.24, 2.45) is 7.05 Å². The van der Waals surface area contributed by atoms with Gasteiger partial charge in [-0.05, 0) is 35.9 Å². The van der Waals surface area contributed by atoms with Gasteiger partial charge in [0.25, 0.3) is 0 Å². The summed E-state index contributed by atoms with van der Waals surface area (Å²) in [6.07, 6.45) is 4.65. The Morgan fingerprint density at radius 3 is 2.54 bits per heavy atom. The van der Waals surface area contributed by atoms with Crippen LogP contribution in [-0.2, 0) is 7.05 Å². The zero-order chi connectivity index (χ0) is 16.7. The molecule has 6 heteroatoms. The highest BCUT2D eigenvalue weighted by molar-refractivity contribution is 5.97. The maximum Gasteiger partial charge on any atom is 0.141 e. The van der Waals surface area contributed by atoms with E-state index in [4.69, 9.17) is 0 Å². The van der Waals surface area contributed by atoms with Crippen molar-refractivity contribution in [1.29, 1.82) is 0 Å². The van der Waals surface area contributed by atoms with Crippen LogP contribution in [0.2, 0.25) is 0 Å². The molecule has 0 amide bonds. The molecule has 4 nitrogen and oxygen atoms in total. The molecule has 0 spiro atoms. The van der Waals surface area contributed by atoms with Gasteiger partial charge in [0.05, 0.1) is 17.4 Å². The van der Waals surface area contributed by atoms with E-state index in [-0.39, 0.29) is 5.82 Å². The Kier molecular flexibility index (Phi) is 3.30. The normalized spacial score (nSPS) is 11.1. The Bertz CT molecular complexity index is 1040. The minimum atomic E-state index is -0.402. The maximum atomic E-state index is 13.5. The molecule has 118 valence electrons. The number of aryl methyl sites for hydroxylation is 1. The van der Waals surface area contributed by atoms with Crippen molar-refractivity contribution >= 4 is 10.9 Å². The zero-order valence-corrected chi connectivity index (χ0v) is 12.7. The van der Waals surface area contributed by atoms with Crippen LogP contribution in [0.5, 0.6) is 0 Å². The van der Waals surface area contributed by atoms with Crippen molar-refractivity contribution in [2.75, 3.05) is 0 Å². The molecule has 0 unspecified atom stereocenters. The molecule has 3 aromatic heterocycles. The number of rotatable bonds is 2. The van der Waals surface area contributed by atoms with Crippen molar-refractivity contribution in [1.82, 2.24) is 19.7 Å². The van der Waals surface area contributed by atoms with Gasteiger partial charge in [-0.3, -0.25) is 14.6 Å². The quantitative estimate of drug-likeness (QED) is 0.561. The van der Waals surface area contributed by atoms with Crippen LogP contribution in [0, 0.1) is 11.6 Å². The fraction of sp³-hybridized carbons (Fsp3) is 0.0556. The topological polar surface area (TPSA) is 43.6 Å². The summed E-state index contributed by atoms with van der Waals surface area (Å²) < 4.78 is 28.3. The van der Waals surface area contributed by atoms with E-state index in [1.54, 1.807) is 30.1 Å². The molecule has 24 heavy (non-hydrogen) atoms. The van der Waals surface area contributed by atoms with Gasteiger partial charge in [0.1, 0.15) is 17.3 Å². The van der Waals surface area contributed by atoms with Crippen LogP contribution < -0.4 is 0 Å². The van der Waals surface area contributed by atoms with E-state index in [1.165, 1.54) is 18.2 Å². The third-order valence-corrected chi connectivity index (χ3v) is 3.79. The molecule has 0 saturated carbocycles. The van der Waals surface area contributed by atoms with E-state index in [0.29, 0.717) is 16.9 Å². The lowest BCUT2D eigenvalue weighted by Gasteiger charge is -2.06. The molecule has 0 fully saturated rings. The SMILES string of the molecule is Cn1cc(-c2ccnc3cc(F)ccc23)c(-c2ccc(F)cn2)n1. The molecule has 0 bridgehead atoms. The Hall–Kier alpha value is -3.15. The van der Waals surface area contributed by atoms with Crippen LogP contribution in [0.1, 0.15) is 0 Å². The number of hydrogen-bond acceptors (Lipinski definition) is 3. The van der Waals surface area contributed by atoms with Crippen molar-refractivity contribution in [3.8, 4) is 22.5 Å². The summed E-state index contributed by atoms with van der Waals surface area (Å²) in [4.78, 5) is 8.33. The summed E-state index contributed by atoms with van der Waals surface area (Å²) in [5.41, 5.74) is 3.47. The first kappa shape index (κ1) is 14.4. The smallest absolute Gasteiger partial charge is 0.141 e. The van der Waals surface area contributed by atoms with Gasteiger partial charge in [0, 0.05) is 36.5 Å². The number of halogens is 2. The van der Waals surface area contributed by atoms with Crippen molar-refractivity contribution in [2.45, 2.75) is 0 Å². The summed E-state index contributed by atoms with van der Waals surface area (Å²) >= 11 is 0. The number of aromatic nitrogens is 4. The number of pyridine rings is 2. The maximum absolute atomic E-state index is 13.5. The van der Waals surface area contributed by atoms with E-state index in [1.807, 2.05) is 12.3 Å². The molecular formula is C18H12F2N4. The Balaban J connectivity index is 1.96. The third kappa shape index (κ3) is 2.42. The Morgan fingerprint density at radius 1 is 0.917 bits per heavy atom. The highest BCUT2D eigenvalue weighted by Gasteiger charge is 2.16. The van der Waals surface area contributed by atoms with Crippen LogP contribution in [-0.4, -0.2) is 19.7 Å². The van der Waals surface area contributed by atoms with Gasteiger partial charge in [-0.25, -0.2) is 8.78 Å². The number of benzene rings is 1. The fourth-order valence-electron chi connectivity index (χ4n) is 2.75. The first-order valence-corrected chi connectivity index (χ1v) is 7.32. The largest absolute Gasteiger partial charge is 0.274 e. The molecule has 4 rings (SSSR count). The van der Waals surface area contributed by atoms with Gasteiger partial charge in [-0.15, -0.1) is 0 Å². The summed E-state index contributed by atoms with van der Waals surface area (Å²) in [5.74, 6) is -0.736. The van der Waals surface area contributed by atoms with Gasteiger partial charge < -0.3 is 0 Å². The lowest BCUT2D eigenvalue weighted by atomic mass is 10.0. The zero-order valence-electron chi connectivity index (χ0n) is 12.7. The molecular weight excluding hydrogens is 310 g/mol. The number of nitrogens with zero attached hydrogens (tertiary/aromatic N) is 4. The van der Waals surface area contributed by atoms with E-state index in [2.05, 4.69) is 15.1 Å². The Morgan fingerprint density at radius 2 is 1.75 bits per heavy atom. The van der Waals surface area contributed by atoms with Gasteiger partial charge in [-0.1, -0.05) is 0 Å². The van der Waals surface area contributed by atoms with Crippen molar-refractivity contribution < 1.29 is 8.78 Å². The fourth-order valence-corrected chi connectivity index (χ4v) is 2.75. The van der Waals surface area contributed by atoms with Gasteiger partial charge in [0.15, 0.2) is 0 Å². The van der Waals surface area contributed by atoms with Gasteiger partial charge >= 0.3 is 0 Å². The Labute approximate surface area is 136 Å². The number of hydrogen-bond donors (Lipinski definition) is 0. The first-order chi connectivity index (χ1) is 11.6. The molecule has 3 heterocycles. The van der Waals surface area contributed by atoms with Gasteiger partial charge in [0.2, 0.25) is 0 Å². The average Bonchev–Trinajstić information content (AvgIpc) is 2.96. The standard InChI is InChI=1S/C18H12F2N4/c1-24-10-15(18(23-24)16-5-3-12(20)9-22-16)13-6-7-21-17-8-11(19)2-4-14(13)17/h2-10H,1H3. The van der Waals surface area contributed by atoms with Crippen LogP contribution in [0.4, 0.5) is 8.78 Å². The molecule has 0 atom stereocenters. The molecule has 0 saturated heterocycles. The monoisotopic (exact) mass is 322 g/mol. The van der Waals surface area contributed by atoms with Gasteiger partial charge in [-0.2, -0.15) is 5.10 Å². The average molecular weight is 322 g/mol. The van der Waals surface area contributed by atoms with E-state index in [0.717, 1.165) is 22.7 Å². The number of fused-ring (bicyclic) bond motifs is 1. The van der Waals surface area contributed by atoms with Crippen LogP contribution in [0.15, 0.2) is 55.0 Å². The van der Waals surface area contributed by atoms with Crippen molar-refractivity contribution in [3.05, 3.63) is 66.6 Å². The minimum absolute atomic E-state index is 0.334. The summed E-state index contributed by atoms with van der Waals surface area (Å²) in [6, 6.07) is 9.28. The third-order valence-electron chi connectivity index (χ3n) is 3.79. The second-order valence-corrected chi connectivity index (χ2v) is 5.45. The predicted octanol–water partition coefficient (Wildman–Crippen LogP) is 3.98. The van der Waals surface area contributed by atoms with Crippen molar-refractivity contribution in [3.63, 3.8) is 0 Å². The van der Waals surface area contributed by atoms with E-state index < -0.39 is 5.82 Å². The summed E-state index contributed by atoms with van der Waals surface area (Å²) in [5, 5.41) is 5.26. The highest BCUT2D eigenvalue weighted by atomic mass is 19.1. The lowest BCUT2D eigenvalue weighted by Crippen LogP contribution is -1.91. The highest BCUT2D eigenvalue weighted by Crippen LogP contribution is 2.34. The first-order valence-electron chi connectivity index (χ1n) is 7.32. The molecule has 4 aromatic rings. The lowest BCUT2D eigenvalue weighted by molar-refractivity contribution is 0.621. The predicted molar refractivity (Wildman–Crippen MR) is 87.1 cm³/mol. The van der Waals surface area contributed by atoms with Crippen LogP contribution in [0.25, 0.3) is 33.4 Å². The second-order valence-electron chi connectivity index (χ2n) is 5.45. The van der Waals surface area contributed by atoms with E-state index in [9.17, 15) is 8.78 Å². The summed E-state index contributed by atoms with van der Waals surface area (Å²) in [6.45, 7) is 0. The molecule has 0 N–H and O–H groups in total. The molecule has 0 radical (unpaired) electrons. The van der Waals surface area contributed by atoms with Crippen LogP contribution in [0.3, 0.4) is 0 Å². The van der Waals surface area contributed by atoms with Crippen LogP contribution >= 0.6 is 0 Å². The molecule has 0 aliphatic rings. The summed E-state index contributed by atoms with van der Waals surface area (Å²) in [7, 11) is 1.81. The second kappa shape index (κ2) is 5.49. The van der Waals surface area contributed by atoms with E-state index >= 15 is 0 Å². The molecule has 1 aromatic carbocycles.